The molecule has 2 aromatic carbocycles. The van der Waals surface area contributed by atoms with E-state index >= 15 is 0 Å². The van der Waals surface area contributed by atoms with Crippen molar-refractivity contribution >= 4 is 16.2 Å². The van der Waals surface area contributed by atoms with Gasteiger partial charge in [-0.25, -0.2) is 0 Å². The predicted molar refractivity (Wildman–Crippen MR) is 98.8 cm³/mol. The van der Waals surface area contributed by atoms with Crippen LogP contribution in [-0.4, -0.2) is 36.9 Å². The van der Waals surface area contributed by atoms with Crippen LogP contribution in [0.3, 0.4) is 0 Å². The van der Waals surface area contributed by atoms with Gasteiger partial charge in [0, 0.05) is 19.6 Å². The molecule has 0 radical (unpaired) electrons. The second kappa shape index (κ2) is 7.57. The molecule has 1 aliphatic heterocycles. The highest BCUT2D eigenvalue weighted by Gasteiger charge is 2.45. The van der Waals surface area contributed by atoms with Crippen molar-refractivity contribution in [2.45, 2.75) is 24.8 Å². The molecular weight excluding hydrogens is 352 g/mol. The smallest absolute Gasteiger partial charge is 0.314 e. The lowest BCUT2D eigenvalue weighted by atomic mass is 9.73. The van der Waals surface area contributed by atoms with Gasteiger partial charge >= 0.3 is 5.97 Å². The van der Waals surface area contributed by atoms with Gasteiger partial charge in [-0.2, -0.15) is 17.4 Å². The zero-order chi connectivity index (χ0) is 18.6. The van der Waals surface area contributed by atoms with Crippen LogP contribution in [0.25, 0.3) is 0 Å². The molecule has 0 aliphatic carbocycles. The van der Waals surface area contributed by atoms with Crippen molar-refractivity contribution < 1.29 is 18.3 Å². The van der Waals surface area contributed by atoms with Crippen molar-refractivity contribution in [1.29, 1.82) is 0 Å². The molecule has 0 aromatic heterocycles. The van der Waals surface area contributed by atoms with Crippen LogP contribution in [-0.2, 0) is 27.0 Å². The van der Waals surface area contributed by atoms with E-state index in [-0.39, 0.29) is 32.5 Å². The fraction of sp³-hybridized carbons (Fsp3) is 0.316. The number of carboxylic acid groups (broad SMARTS) is 1. The number of piperidine rings is 1. The summed E-state index contributed by atoms with van der Waals surface area (Å²) in [4.78, 5) is 12.0. The Morgan fingerprint density at radius 3 is 2.08 bits per heavy atom. The molecule has 1 saturated heterocycles. The monoisotopic (exact) mass is 374 g/mol. The third-order valence-corrected chi connectivity index (χ3v) is 6.51. The first-order chi connectivity index (χ1) is 12.4. The highest BCUT2D eigenvalue weighted by molar-refractivity contribution is 7.87. The lowest BCUT2D eigenvalue weighted by Crippen LogP contribution is -2.51. The summed E-state index contributed by atoms with van der Waals surface area (Å²) in [5, 5.41) is 9.80. The van der Waals surface area contributed by atoms with E-state index in [2.05, 4.69) is 4.72 Å². The Hall–Kier alpha value is -2.22. The third kappa shape index (κ3) is 3.80. The van der Waals surface area contributed by atoms with E-state index in [1.807, 2.05) is 48.5 Å². The number of hydrogen-bond donors (Lipinski definition) is 2. The summed E-state index contributed by atoms with van der Waals surface area (Å²) < 4.78 is 29.0. The van der Waals surface area contributed by atoms with Crippen LogP contribution in [0.4, 0.5) is 0 Å². The third-order valence-electron chi connectivity index (χ3n) is 4.95. The van der Waals surface area contributed by atoms with E-state index in [0.29, 0.717) is 0 Å². The van der Waals surface area contributed by atoms with Gasteiger partial charge in [0.15, 0.2) is 0 Å². The van der Waals surface area contributed by atoms with Gasteiger partial charge in [-0.1, -0.05) is 60.7 Å². The Labute approximate surface area is 153 Å². The average molecular weight is 374 g/mol. The van der Waals surface area contributed by atoms with Crippen molar-refractivity contribution in [3.05, 3.63) is 71.8 Å². The number of carbonyl (C=O) groups is 1. The minimum atomic E-state index is -3.65. The molecule has 6 nitrogen and oxygen atoms in total. The largest absolute Gasteiger partial charge is 0.481 e. The van der Waals surface area contributed by atoms with Crippen molar-refractivity contribution in [2.75, 3.05) is 13.1 Å². The Kier molecular flexibility index (Phi) is 5.41. The van der Waals surface area contributed by atoms with E-state index in [0.717, 1.165) is 11.1 Å². The summed E-state index contributed by atoms with van der Waals surface area (Å²) in [6.07, 6.45) is 0.497. The second-order valence-corrected chi connectivity index (χ2v) is 8.22. The van der Waals surface area contributed by atoms with E-state index in [4.69, 9.17) is 0 Å². The number of hydrogen-bond acceptors (Lipinski definition) is 3. The standard InChI is InChI=1S/C19H22N2O4S/c22-18(23)19(17-9-5-2-6-10-17)11-13-21(14-12-19)26(24,25)20-15-16-7-3-1-4-8-16/h1-10,20H,11-15H2,(H,22,23). The average Bonchev–Trinajstić information content (AvgIpc) is 2.68. The molecule has 138 valence electrons. The molecule has 7 heteroatoms. The van der Waals surface area contributed by atoms with Gasteiger partial charge in [-0.05, 0) is 24.0 Å². The van der Waals surface area contributed by atoms with E-state index in [1.165, 1.54) is 4.31 Å². The highest BCUT2D eigenvalue weighted by atomic mass is 32.2. The van der Waals surface area contributed by atoms with E-state index in [9.17, 15) is 18.3 Å². The molecule has 26 heavy (non-hydrogen) atoms. The Morgan fingerprint density at radius 1 is 1.00 bits per heavy atom. The number of aliphatic carboxylic acids is 1. The van der Waals surface area contributed by atoms with Crippen molar-refractivity contribution in [3.63, 3.8) is 0 Å². The van der Waals surface area contributed by atoms with Gasteiger partial charge in [-0.3, -0.25) is 4.79 Å². The van der Waals surface area contributed by atoms with Crippen LogP contribution in [0.2, 0.25) is 0 Å². The molecule has 0 amide bonds. The van der Waals surface area contributed by atoms with Crippen LogP contribution in [0.1, 0.15) is 24.0 Å². The van der Waals surface area contributed by atoms with Gasteiger partial charge < -0.3 is 5.11 Å². The fourth-order valence-corrected chi connectivity index (χ4v) is 4.55. The zero-order valence-electron chi connectivity index (χ0n) is 14.3. The first-order valence-electron chi connectivity index (χ1n) is 8.52. The summed E-state index contributed by atoms with van der Waals surface area (Å²) in [5.74, 6) is -0.905. The normalized spacial score (nSPS) is 17.7. The quantitative estimate of drug-likeness (QED) is 0.811. The predicted octanol–water partition coefficient (Wildman–Crippen LogP) is 2.14. The number of rotatable bonds is 6. The maximum atomic E-state index is 12.5. The highest BCUT2D eigenvalue weighted by Crippen LogP contribution is 2.36. The molecule has 2 N–H and O–H groups in total. The second-order valence-electron chi connectivity index (χ2n) is 6.46. The first kappa shape index (κ1) is 18.6. The van der Waals surface area contributed by atoms with Crippen molar-refractivity contribution in [1.82, 2.24) is 9.03 Å². The van der Waals surface area contributed by atoms with Gasteiger partial charge in [0.05, 0.1) is 5.41 Å². The summed E-state index contributed by atoms with van der Waals surface area (Å²) in [6.45, 7) is 0.555. The van der Waals surface area contributed by atoms with Gasteiger partial charge in [0.25, 0.3) is 10.2 Å². The van der Waals surface area contributed by atoms with Crippen LogP contribution in [0.15, 0.2) is 60.7 Å². The maximum absolute atomic E-state index is 12.5. The summed E-state index contributed by atoms with van der Waals surface area (Å²) >= 11 is 0. The maximum Gasteiger partial charge on any atom is 0.314 e. The SMILES string of the molecule is O=C(O)C1(c2ccccc2)CCN(S(=O)(=O)NCc2ccccc2)CC1. The number of nitrogens with zero attached hydrogens (tertiary/aromatic N) is 1. The molecular formula is C19H22N2O4S. The molecule has 0 bridgehead atoms. The van der Waals surface area contributed by atoms with Gasteiger partial charge in [0.1, 0.15) is 0 Å². The molecule has 2 aromatic rings. The first-order valence-corrected chi connectivity index (χ1v) is 9.96. The molecule has 0 spiro atoms. The topological polar surface area (TPSA) is 86.7 Å². The Balaban J connectivity index is 1.69. The van der Waals surface area contributed by atoms with Crippen LogP contribution >= 0.6 is 0 Å². The molecule has 1 aliphatic rings. The molecule has 1 fully saturated rings. The molecule has 0 unspecified atom stereocenters. The fourth-order valence-electron chi connectivity index (χ4n) is 3.35. The zero-order valence-corrected chi connectivity index (χ0v) is 15.2. The molecule has 1 heterocycles. The van der Waals surface area contributed by atoms with Gasteiger partial charge in [0.2, 0.25) is 0 Å². The van der Waals surface area contributed by atoms with Crippen LogP contribution in [0, 0.1) is 0 Å². The number of carboxylic acids is 1. The lowest BCUT2D eigenvalue weighted by Gasteiger charge is -2.38. The Morgan fingerprint density at radius 2 is 1.54 bits per heavy atom. The Bertz CT molecular complexity index is 846. The van der Waals surface area contributed by atoms with E-state index in [1.54, 1.807) is 12.1 Å². The molecule has 0 saturated carbocycles. The summed E-state index contributed by atoms with van der Waals surface area (Å²) in [6, 6.07) is 18.3. The summed E-state index contributed by atoms with van der Waals surface area (Å²) in [7, 11) is -3.65. The molecule has 0 atom stereocenters. The van der Waals surface area contributed by atoms with Gasteiger partial charge in [-0.15, -0.1) is 0 Å². The van der Waals surface area contributed by atoms with Crippen molar-refractivity contribution in [3.8, 4) is 0 Å². The minimum Gasteiger partial charge on any atom is -0.481 e. The summed E-state index contributed by atoms with van der Waals surface area (Å²) in [5.41, 5.74) is 0.561. The lowest BCUT2D eigenvalue weighted by molar-refractivity contribution is -0.145. The van der Waals surface area contributed by atoms with E-state index < -0.39 is 21.6 Å². The molecule has 3 rings (SSSR count). The van der Waals surface area contributed by atoms with Crippen molar-refractivity contribution in [2.24, 2.45) is 0 Å². The number of nitrogens with one attached hydrogen (secondary N) is 1. The number of benzene rings is 2. The minimum absolute atomic E-state index is 0.172. The van der Waals surface area contributed by atoms with Crippen LogP contribution < -0.4 is 4.72 Å². The van der Waals surface area contributed by atoms with Crippen LogP contribution in [0.5, 0.6) is 0 Å².